The van der Waals surface area contributed by atoms with E-state index in [1.807, 2.05) is 6.07 Å². The molecule has 2 aromatic carbocycles. The average molecular weight is 931 g/mol. The van der Waals surface area contributed by atoms with Gasteiger partial charge in [0.1, 0.15) is 44.6 Å². The van der Waals surface area contributed by atoms with E-state index in [2.05, 4.69) is 77.9 Å². The minimum absolute atomic E-state index is 0.0693. The number of imidazole rings is 1. The lowest BCUT2D eigenvalue weighted by Crippen LogP contribution is -2.55. The van der Waals surface area contributed by atoms with Gasteiger partial charge in [0.15, 0.2) is 0 Å². The lowest BCUT2D eigenvalue weighted by atomic mass is 9.60. The number of sulfonamides is 1. The molecule has 6 heterocycles. The zero-order chi connectivity index (χ0) is 46.7. The zero-order valence-electron chi connectivity index (χ0n) is 38.1. The fourth-order valence-electron chi connectivity index (χ4n) is 11.2. The number of nitro benzene ring substituents is 1. The molecule has 0 radical (unpaired) electrons. The molecular weight excluding hydrogens is 873 g/mol. The minimum Gasteiger partial charge on any atom is -0.455 e. The van der Waals surface area contributed by atoms with Crippen LogP contribution in [-0.2, 0) is 10.0 Å². The van der Waals surface area contributed by atoms with Crippen LogP contribution in [0.3, 0.4) is 0 Å². The van der Waals surface area contributed by atoms with Crippen molar-refractivity contribution in [3.63, 3.8) is 0 Å². The van der Waals surface area contributed by atoms with Crippen molar-refractivity contribution in [2.24, 2.45) is 11.3 Å². The van der Waals surface area contributed by atoms with Crippen LogP contribution in [0, 0.1) is 21.4 Å². The van der Waals surface area contributed by atoms with Gasteiger partial charge in [-0.15, -0.1) is 0 Å². The smallest absolute Gasteiger partial charge is 0.296 e. The Labute approximate surface area is 389 Å². The molecule has 1 amide bonds. The van der Waals surface area contributed by atoms with Gasteiger partial charge in [0, 0.05) is 61.6 Å². The van der Waals surface area contributed by atoms with E-state index in [0.29, 0.717) is 54.6 Å². The van der Waals surface area contributed by atoms with Crippen LogP contribution in [0.4, 0.5) is 17.2 Å². The maximum Gasteiger partial charge on any atom is 0.296 e. The Hall–Kier alpha value is -6.11. The highest BCUT2D eigenvalue weighted by molar-refractivity contribution is 7.90. The third-order valence-electron chi connectivity index (χ3n) is 15.0. The molecule has 67 heavy (non-hydrogen) atoms. The molecule has 2 aliphatic heterocycles. The molecule has 10 rings (SSSR count). The summed E-state index contributed by atoms with van der Waals surface area (Å²) < 4.78 is 36.8. The Morgan fingerprint density at radius 2 is 1.78 bits per heavy atom. The van der Waals surface area contributed by atoms with E-state index in [9.17, 15) is 28.4 Å². The second kappa shape index (κ2) is 17.5. The van der Waals surface area contributed by atoms with Crippen LogP contribution in [-0.4, -0.2) is 92.0 Å². The van der Waals surface area contributed by atoms with Gasteiger partial charge in [-0.3, -0.25) is 19.8 Å². The Morgan fingerprint density at radius 1 is 1.00 bits per heavy atom. The fourth-order valence-corrected chi connectivity index (χ4v) is 12.4. The van der Waals surface area contributed by atoms with Gasteiger partial charge in [-0.25, -0.2) is 28.1 Å². The molecule has 2 aliphatic carbocycles. The molecule has 1 spiro atoms. The summed E-state index contributed by atoms with van der Waals surface area (Å²) >= 11 is 0. The first-order valence-corrected chi connectivity index (χ1v) is 25.0. The summed E-state index contributed by atoms with van der Waals surface area (Å²) in [4.78, 5) is 49.7. The molecule has 5 N–H and O–H groups in total. The number of nitrogens with zero attached hydrogens (tertiary/aromatic N) is 6. The standard InChI is InChI=1S/C49H58N10O7S/c1-30(2)35-7-4-5-8-36(35)38-9-6-18-58(38)33-24-49(25-33)15-19-57(20-16-49)42-23-40(66-34-21-32-12-17-50-46(32)53-27-34)37(28-51-42)47(60)56-67(64,65)41-22-39(59(62)63)43(45-44(41)54-29-55-45)52-26-31-10-13-48(3,61)14-11-31/h4-5,7-8,12,17,21-23,27-31,33,38,52,61H,6,9-11,13-16,18-20,24-26H2,1-3H3,(H,50,53)(H,54,55)(H,56,60)/t31?,38-,48?/m0/s1. The molecule has 2 saturated heterocycles. The monoisotopic (exact) mass is 930 g/mol. The number of carbonyl (C=O) groups is 1. The predicted octanol–water partition coefficient (Wildman–Crippen LogP) is 8.72. The topological polar surface area (TPSA) is 225 Å². The first-order chi connectivity index (χ1) is 32.2. The second-order valence-electron chi connectivity index (χ2n) is 19.9. The Balaban J connectivity index is 0.871. The van der Waals surface area contributed by atoms with E-state index in [0.717, 1.165) is 56.8 Å². The van der Waals surface area contributed by atoms with E-state index < -0.39 is 37.0 Å². The van der Waals surface area contributed by atoms with Gasteiger partial charge in [-0.1, -0.05) is 38.1 Å². The van der Waals surface area contributed by atoms with Gasteiger partial charge >= 0.3 is 0 Å². The Bertz CT molecular complexity index is 2940. The summed E-state index contributed by atoms with van der Waals surface area (Å²) in [6.07, 6.45) is 15.3. The van der Waals surface area contributed by atoms with Crippen molar-refractivity contribution in [3.05, 3.63) is 100 Å². The number of rotatable bonds is 13. The van der Waals surface area contributed by atoms with E-state index in [-0.39, 0.29) is 39.4 Å². The number of aromatic nitrogens is 5. The quantitative estimate of drug-likeness (QED) is 0.0540. The molecule has 4 fully saturated rings. The number of nitro groups is 1. The molecular formula is C49H58N10O7S. The summed E-state index contributed by atoms with van der Waals surface area (Å²) in [6.45, 7) is 9.40. The van der Waals surface area contributed by atoms with Crippen molar-refractivity contribution < 1.29 is 28.0 Å². The fraction of sp³-hybridized carbons (Fsp3) is 0.469. The van der Waals surface area contributed by atoms with Gasteiger partial charge < -0.3 is 30.0 Å². The molecule has 6 aromatic rings. The minimum atomic E-state index is -4.77. The van der Waals surface area contributed by atoms with E-state index in [1.165, 1.54) is 55.5 Å². The number of nitrogens with one attached hydrogen (secondary N) is 4. The lowest BCUT2D eigenvalue weighted by molar-refractivity contribution is -0.384. The highest BCUT2D eigenvalue weighted by Crippen LogP contribution is 2.54. The number of ether oxygens (including phenoxy) is 1. The summed E-state index contributed by atoms with van der Waals surface area (Å²) in [5.74, 6) is 0.574. The maximum absolute atomic E-state index is 14.2. The average Bonchev–Trinajstić information content (AvgIpc) is 4.09. The number of hydrogen-bond acceptors (Lipinski definition) is 13. The molecule has 4 aromatic heterocycles. The predicted molar refractivity (Wildman–Crippen MR) is 255 cm³/mol. The summed E-state index contributed by atoms with van der Waals surface area (Å²) in [5.41, 5.74) is 2.58. The lowest BCUT2D eigenvalue weighted by Gasteiger charge is -2.56. The number of benzene rings is 2. The molecule has 17 nitrogen and oxygen atoms in total. The van der Waals surface area contributed by atoms with Crippen LogP contribution in [0.1, 0.15) is 118 Å². The Kier molecular flexibility index (Phi) is 11.7. The molecule has 2 saturated carbocycles. The molecule has 4 aliphatic rings. The van der Waals surface area contributed by atoms with Crippen molar-refractivity contribution in [1.29, 1.82) is 0 Å². The van der Waals surface area contributed by atoms with Crippen LogP contribution < -0.4 is 19.7 Å². The summed E-state index contributed by atoms with van der Waals surface area (Å²) in [6, 6.07) is 16.2. The normalized spacial score (nSPS) is 22.4. The third kappa shape index (κ3) is 8.82. The van der Waals surface area contributed by atoms with Crippen LogP contribution in [0.5, 0.6) is 11.5 Å². The largest absolute Gasteiger partial charge is 0.455 e. The maximum atomic E-state index is 14.2. The number of likely N-dealkylation sites (tertiary alicyclic amines) is 1. The summed E-state index contributed by atoms with van der Waals surface area (Å²) in [5, 5.41) is 26.8. The zero-order valence-corrected chi connectivity index (χ0v) is 38.9. The van der Waals surface area contributed by atoms with Gasteiger partial charge in [-0.05, 0) is 118 Å². The van der Waals surface area contributed by atoms with Crippen molar-refractivity contribution >= 4 is 55.2 Å². The number of H-pyrrole nitrogens is 2. The van der Waals surface area contributed by atoms with Crippen LogP contribution in [0.15, 0.2) is 78.3 Å². The number of anilines is 2. The van der Waals surface area contributed by atoms with Gasteiger partial charge in [0.25, 0.3) is 21.6 Å². The third-order valence-corrected chi connectivity index (χ3v) is 16.4. The number of aromatic amines is 2. The first kappa shape index (κ1) is 44.7. The van der Waals surface area contributed by atoms with E-state index >= 15 is 0 Å². The van der Waals surface area contributed by atoms with Crippen LogP contribution in [0.25, 0.3) is 22.1 Å². The van der Waals surface area contributed by atoms with Crippen molar-refractivity contribution in [2.45, 2.75) is 113 Å². The van der Waals surface area contributed by atoms with Crippen molar-refractivity contribution in [1.82, 2.24) is 34.5 Å². The first-order valence-electron chi connectivity index (χ1n) is 23.5. The van der Waals surface area contributed by atoms with Crippen molar-refractivity contribution in [2.75, 3.05) is 36.4 Å². The molecule has 0 unspecified atom stereocenters. The number of piperidine rings is 1. The van der Waals surface area contributed by atoms with Gasteiger partial charge in [0.05, 0.1) is 28.6 Å². The van der Waals surface area contributed by atoms with Crippen LogP contribution >= 0.6 is 0 Å². The highest BCUT2D eigenvalue weighted by atomic mass is 32.2. The molecule has 18 heteroatoms. The van der Waals surface area contributed by atoms with Gasteiger partial charge in [-0.2, -0.15) is 0 Å². The second-order valence-corrected chi connectivity index (χ2v) is 21.5. The number of pyridine rings is 2. The highest BCUT2D eigenvalue weighted by Gasteiger charge is 2.50. The van der Waals surface area contributed by atoms with Gasteiger partial charge in [0.2, 0.25) is 0 Å². The molecule has 0 bridgehead atoms. The Morgan fingerprint density at radius 3 is 2.54 bits per heavy atom. The molecule has 352 valence electrons. The number of carbonyl (C=O) groups excluding carboxylic acids is 1. The number of amides is 1. The number of aliphatic hydroxyl groups is 1. The van der Waals surface area contributed by atoms with Crippen LogP contribution in [0.2, 0.25) is 0 Å². The van der Waals surface area contributed by atoms with Crippen molar-refractivity contribution in [3.8, 4) is 11.5 Å². The number of fused-ring (bicyclic) bond motifs is 2. The van der Waals surface area contributed by atoms with E-state index in [4.69, 9.17) is 9.72 Å². The summed E-state index contributed by atoms with van der Waals surface area (Å²) in [7, 11) is -4.77. The molecule has 1 atom stereocenters. The van der Waals surface area contributed by atoms with E-state index in [1.54, 1.807) is 25.3 Å². The SMILES string of the molecule is CC(C)c1ccccc1[C@@H]1CCCN1C1CC2(CCN(c3cc(Oc4cnc5[nH]ccc5c4)c(C(=O)NS(=O)(=O)c4cc([N+](=O)[O-])c(NCC5CCC(C)(O)CC5)c5[nH]cnc45)cn3)CC2)C1. The number of hydrogen-bond donors (Lipinski definition) is 5.